The molecule has 18 heavy (non-hydrogen) atoms. The molecule has 0 bridgehead atoms. The minimum absolute atomic E-state index is 0.758. The molecule has 96 valence electrons. The van der Waals surface area contributed by atoms with Gasteiger partial charge in [0.1, 0.15) is 5.75 Å². The van der Waals surface area contributed by atoms with Crippen LogP contribution in [-0.2, 0) is 6.42 Å². The molecule has 0 fully saturated rings. The topological polar surface area (TPSA) is 48.1 Å². The van der Waals surface area contributed by atoms with Gasteiger partial charge in [0.05, 0.1) is 17.8 Å². The Balaban J connectivity index is 2.08. The van der Waals surface area contributed by atoms with Crippen molar-refractivity contribution < 1.29 is 4.74 Å². The van der Waals surface area contributed by atoms with E-state index in [-0.39, 0.29) is 0 Å². The molecule has 0 amide bonds. The van der Waals surface area contributed by atoms with E-state index in [0.29, 0.717) is 0 Å². The van der Waals surface area contributed by atoms with Crippen molar-refractivity contribution in [2.24, 2.45) is 5.73 Å². The molecule has 2 rings (SSSR count). The van der Waals surface area contributed by atoms with E-state index >= 15 is 0 Å². The van der Waals surface area contributed by atoms with Crippen molar-refractivity contribution in [3.63, 3.8) is 0 Å². The first kappa shape index (κ1) is 13.1. The molecular weight excluding hydrogens is 244 g/mol. The van der Waals surface area contributed by atoms with Gasteiger partial charge in [0, 0.05) is 10.9 Å². The molecule has 0 aliphatic heterocycles. The fourth-order valence-electron chi connectivity index (χ4n) is 1.76. The molecular formula is C14H18N2OS. The van der Waals surface area contributed by atoms with Crippen LogP contribution >= 0.6 is 11.3 Å². The number of hydrogen-bond acceptors (Lipinski definition) is 4. The Hall–Kier alpha value is -1.39. The maximum atomic E-state index is 5.49. The maximum absolute atomic E-state index is 5.49. The van der Waals surface area contributed by atoms with Crippen LogP contribution in [0.25, 0.3) is 11.3 Å². The number of unbranched alkanes of at least 4 members (excludes halogenated alkanes) is 1. The molecule has 0 spiro atoms. The van der Waals surface area contributed by atoms with E-state index in [4.69, 9.17) is 10.5 Å². The van der Waals surface area contributed by atoms with Gasteiger partial charge in [0.25, 0.3) is 0 Å². The van der Waals surface area contributed by atoms with E-state index in [1.54, 1.807) is 18.4 Å². The van der Waals surface area contributed by atoms with Crippen molar-refractivity contribution >= 4 is 11.3 Å². The molecule has 0 unspecified atom stereocenters. The third-order valence-electron chi connectivity index (χ3n) is 2.76. The monoisotopic (exact) mass is 262 g/mol. The minimum Gasteiger partial charge on any atom is -0.497 e. The normalized spacial score (nSPS) is 10.6. The zero-order valence-corrected chi connectivity index (χ0v) is 11.4. The molecule has 1 aromatic carbocycles. The fourth-order valence-corrected chi connectivity index (χ4v) is 2.61. The molecule has 0 aliphatic carbocycles. The summed E-state index contributed by atoms with van der Waals surface area (Å²) < 4.78 is 5.22. The van der Waals surface area contributed by atoms with Gasteiger partial charge in [-0.25, -0.2) is 4.98 Å². The molecule has 2 aromatic rings. The van der Waals surface area contributed by atoms with Gasteiger partial charge in [-0.3, -0.25) is 0 Å². The standard InChI is InChI=1S/C14H18N2OS/c1-17-12-6-4-5-11(9-12)13-10-18-14(16-13)7-2-3-8-15/h4-6,9-10H,2-3,7-8,15H2,1H3. The van der Waals surface area contributed by atoms with Crippen LogP contribution < -0.4 is 10.5 Å². The van der Waals surface area contributed by atoms with E-state index in [9.17, 15) is 0 Å². The van der Waals surface area contributed by atoms with Crippen molar-refractivity contribution in [3.05, 3.63) is 34.7 Å². The third-order valence-corrected chi connectivity index (χ3v) is 3.67. The minimum atomic E-state index is 0.758. The van der Waals surface area contributed by atoms with Gasteiger partial charge in [0.2, 0.25) is 0 Å². The second kappa shape index (κ2) is 6.52. The quantitative estimate of drug-likeness (QED) is 0.814. The highest BCUT2D eigenvalue weighted by molar-refractivity contribution is 7.09. The molecule has 1 aromatic heterocycles. The first-order valence-electron chi connectivity index (χ1n) is 6.12. The average Bonchev–Trinajstić information content (AvgIpc) is 2.88. The molecule has 0 radical (unpaired) electrons. The summed E-state index contributed by atoms with van der Waals surface area (Å²) in [4.78, 5) is 4.65. The predicted molar refractivity (Wildman–Crippen MR) is 76.1 cm³/mol. The number of aryl methyl sites for hydroxylation is 1. The number of ether oxygens (including phenoxy) is 1. The Morgan fingerprint density at radius 1 is 1.33 bits per heavy atom. The number of nitrogens with two attached hydrogens (primary N) is 1. The molecule has 1 heterocycles. The highest BCUT2D eigenvalue weighted by Gasteiger charge is 2.05. The van der Waals surface area contributed by atoms with Crippen LogP contribution in [0.3, 0.4) is 0 Å². The first-order valence-corrected chi connectivity index (χ1v) is 7.00. The van der Waals surface area contributed by atoms with Crippen LogP contribution in [0.5, 0.6) is 5.75 Å². The first-order chi connectivity index (χ1) is 8.83. The summed E-state index contributed by atoms with van der Waals surface area (Å²) in [5.74, 6) is 0.866. The fraction of sp³-hybridized carbons (Fsp3) is 0.357. The van der Waals surface area contributed by atoms with Crippen LogP contribution in [0.4, 0.5) is 0 Å². The Morgan fingerprint density at radius 2 is 2.22 bits per heavy atom. The molecule has 0 atom stereocenters. The van der Waals surface area contributed by atoms with Crippen molar-refractivity contribution in [1.82, 2.24) is 4.98 Å². The van der Waals surface area contributed by atoms with Gasteiger partial charge in [0.15, 0.2) is 0 Å². The van der Waals surface area contributed by atoms with Crippen LogP contribution in [0.1, 0.15) is 17.8 Å². The number of benzene rings is 1. The number of aromatic nitrogens is 1. The van der Waals surface area contributed by atoms with E-state index < -0.39 is 0 Å². The highest BCUT2D eigenvalue weighted by atomic mass is 32.1. The second-order valence-corrected chi connectivity index (χ2v) is 5.05. The van der Waals surface area contributed by atoms with Gasteiger partial charge >= 0.3 is 0 Å². The van der Waals surface area contributed by atoms with E-state index in [2.05, 4.69) is 16.4 Å². The highest BCUT2D eigenvalue weighted by Crippen LogP contribution is 2.25. The smallest absolute Gasteiger partial charge is 0.119 e. The number of thiazole rings is 1. The Morgan fingerprint density at radius 3 is 3.00 bits per heavy atom. The van der Waals surface area contributed by atoms with Crippen LogP contribution in [0.15, 0.2) is 29.6 Å². The van der Waals surface area contributed by atoms with Crippen molar-refractivity contribution in [3.8, 4) is 17.0 Å². The van der Waals surface area contributed by atoms with Crippen molar-refractivity contribution in [1.29, 1.82) is 0 Å². The lowest BCUT2D eigenvalue weighted by molar-refractivity contribution is 0.415. The lowest BCUT2D eigenvalue weighted by Gasteiger charge is -2.01. The summed E-state index contributed by atoms with van der Waals surface area (Å²) in [7, 11) is 1.68. The van der Waals surface area contributed by atoms with Crippen LogP contribution in [-0.4, -0.2) is 18.6 Å². The molecule has 0 saturated carbocycles. The van der Waals surface area contributed by atoms with Crippen LogP contribution in [0, 0.1) is 0 Å². The number of rotatable bonds is 6. The maximum Gasteiger partial charge on any atom is 0.119 e. The van der Waals surface area contributed by atoms with Crippen molar-refractivity contribution in [2.45, 2.75) is 19.3 Å². The third kappa shape index (κ3) is 3.31. The number of hydrogen-bond donors (Lipinski definition) is 1. The summed E-state index contributed by atoms with van der Waals surface area (Å²) in [6, 6.07) is 8.00. The molecule has 4 heteroatoms. The number of methoxy groups -OCH3 is 1. The lowest BCUT2D eigenvalue weighted by atomic mass is 10.1. The molecule has 2 N–H and O–H groups in total. The summed E-state index contributed by atoms with van der Waals surface area (Å²) in [5, 5.41) is 3.29. The SMILES string of the molecule is COc1cccc(-c2csc(CCCCN)n2)c1. The van der Waals surface area contributed by atoms with Gasteiger partial charge < -0.3 is 10.5 Å². The molecule has 0 aliphatic rings. The Bertz CT molecular complexity index is 496. The summed E-state index contributed by atoms with van der Waals surface area (Å²) >= 11 is 1.72. The molecule has 3 nitrogen and oxygen atoms in total. The summed E-state index contributed by atoms with van der Waals surface area (Å²) in [6.07, 6.45) is 3.20. The zero-order chi connectivity index (χ0) is 12.8. The predicted octanol–water partition coefficient (Wildman–Crippen LogP) is 3.10. The van der Waals surface area contributed by atoms with E-state index in [0.717, 1.165) is 42.8 Å². The Kier molecular flexibility index (Phi) is 4.73. The molecule has 0 saturated heterocycles. The van der Waals surface area contributed by atoms with Gasteiger partial charge in [-0.1, -0.05) is 12.1 Å². The van der Waals surface area contributed by atoms with Crippen LogP contribution in [0.2, 0.25) is 0 Å². The second-order valence-electron chi connectivity index (χ2n) is 4.10. The van der Waals surface area contributed by atoms with Gasteiger partial charge in [-0.2, -0.15) is 0 Å². The van der Waals surface area contributed by atoms with Gasteiger partial charge in [-0.15, -0.1) is 11.3 Å². The van der Waals surface area contributed by atoms with E-state index in [1.807, 2.05) is 18.2 Å². The van der Waals surface area contributed by atoms with Crippen molar-refractivity contribution in [2.75, 3.05) is 13.7 Å². The van der Waals surface area contributed by atoms with Gasteiger partial charge in [-0.05, 0) is 37.9 Å². The summed E-state index contributed by atoms with van der Waals surface area (Å²) in [5.41, 5.74) is 7.63. The largest absolute Gasteiger partial charge is 0.497 e. The van der Waals surface area contributed by atoms with E-state index in [1.165, 1.54) is 5.01 Å². The lowest BCUT2D eigenvalue weighted by Crippen LogP contribution is -1.98. The zero-order valence-electron chi connectivity index (χ0n) is 10.6. The average molecular weight is 262 g/mol. The number of nitrogens with zero attached hydrogens (tertiary/aromatic N) is 1. The Labute approximate surface area is 112 Å². The summed E-state index contributed by atoms with van der Waals surface area (Å²) in [6.45, 7) is 0.758.